The first-order valence-electron chi connectivity index (χ1n) is 8.79. The number of nitrogen functional groups attached to an aromatic ring is 1. The van der Waals surface area contributed by atoms with E-state index >= 15 is 0 Å². The number of anilines is 1. The van der Waals surface area contributed by atoms with Crippen molar-refractivity contribution in [3.05, 3.63) is 59.9 Å². The summed E-state index contributed by atoms with van der Waals surface area (Å²) in [5.74, 6) is -0.252. The lowest BCUT2D eigenvalue weighted by Gasteiger charge is -2.33. The largest absolute Gasteiger partial charge is 0.368 e. The standard InChI is InChI=1S/C19H19FN6O/c20-14-5-1-3-12(9-14)15-10-22-19(21)24-17(15)13-4-2-8-26(11-13)18(27)16-6-7-23-25-16/h1,3,5-7,9-10,13H,2,4,8,11H2,(H,23,25)(H2,21,22,24)/t13-/m0/s1. The molecule has 0 bridgehead atoms. The number of H-pyrrole nitrogens is 1. The molecule has 7 nitrogen and oxygen atoms in total. The van der Waals surface area contributed by atoms with Gasteiger partial charge in [-0.3, -0.25) is 9.89 Å². The Morgan fingerprint density at radius 3 is 3.00 bits per heavy atom. The molecule has 0 radical (unpaired) electrons. The third kappa shape index (κ3) is 3.51. The van der Waals surface area contributed by atoms with Crippen LogP contribution in [0, 0.1) is 5.82 Å². The fourth-order valence-corrected chi connectivity index (χ4v) is 3.53. The summed E-state index contributed by atoms with van der Waals surface area (Å²) in [6, 6.07) is 7.98. The zero-order valence-electron chi connectivity index (χ0n) is 14.6. The number of hydrogen-bond donors (Lipinski definition) is 2. The van der Waals surface area contributed by atoms with Gasteiger partial charge < -0.3 is 10.6 Å². The zero-order chi connectivity index (χ0) is 18.8. The molecule has 1 aliphatic rings. The fraction of sp³-hybridized carbons (Fsp3) is 0.263. The van der Waals surface area contributed by atoms with Crippen LogP contribution in [-0.2, 0) is 0 Å². The molecule has 0 aliphatic carbocycles. The molecular weight excluding hydrogens is 347 g/mol. The van der Waals surface area contributed by atoms with Crippen LogP contribution in [0.2, 0.25) is 0 Å². The molecule has 1 aromatic carbocycles. The Morgan fingerprint density at radius 2 is 2.22 bits per heavy atom. The first-order chi connectivity index (χ1) is 13.1. The molecule has 1 saturated heterocycles. The minimum absolute atomic E-state index is 0.00538. The maximum Gasteiger partial charge on any atom is 0.271 e. The van der Waals surface area contributed by atoms with Crippen molar-refractivity contribution >= 4 is 11.9 Å². The van der Waals surface area contributed by atoms with Gasteiger partial charge in [0, 0.05) is 37.0 Å². The van der Waals surface area contributed by atoms with E-state index in [2.05, 4.69) is 20.2 Å². The van der Waals surface area contributed by atoms with Crippen LogP contribution in [0.15, 0.2) is 42.7 Å². The molecule has 8 heteroatoms. The molecule has 3 heterocycles. The number of aromatic nitrogens is 4. The molecule has 1 amide bonds. The Labute approximate surface area is 155 Å². The van der Waals surface area contributed by atoms with Gasteiger partial charge in [-0.1, -0.05) is 12.1 Å². The van der Waals surface area contributed by atoms with Gasteiger partial charge in [-0.25, -0.2) is 14.4 Å². The number of likely N-dealkylation sites (tertiary alicyclic amines) is 1. The van der Waals surface area contributed by atoms with E-state index in [0.717, 1.165) is 24.1 Å². The Bertz CT molecular complexity index is 959. The number of benzene rings is 1. The van der Waals surface area contributed by atoms with E-state index in [1.807, 2.05) is 6.07 Å². The Balaban J connectivity index is 1.66. The number of nitrogens with two attached hydrogens (primary N) is 1. The highest BCUT2D eigenvalue weighted by molar-refractivity contribution is 5.92. The lowest BCUT2D eigenvalue weighted by Crippen LogP contribution is -2.39. The van der Waals surface area contributed by atoms with Crippen LogP contribution in [0.4, 0.5) is 10.3 Å². The van der Waals surface area contributed by atoms with Crippen molar-refractivity contribution in [3.63, 3.8) is 0 Å². The molecule has 0 saturated carbocycles. The molecule has 1 atom stereocenters. The molecule has 1 fully saturated rings. The summed E-state index contributed by atoms with van der Waals surface area (Å²) in [5.41, 5.74) is 8.47. The van der Waals surface area contributed by atoms with E-state index in [0.29, 0.717) is 24.3 Å². The van der Waals surface area contributed by atoms with Crippen LogP contribution in [0.5, 0.6) is 0 Å². The monoisotopic (exact) mass is 366 g/mol. The van der Waals surface area contributed by atoms with Gasteiger partial charge >= 0.3 is 0 Å². The molecular formula is C19H19FN6O. The van der Waals surface area contributed by atoms with Gasteiger partial charge in [0.15, 0.2) is 0 Å². The second-order valence-corrected chi connectivity index (χ2v) is 6.60. The Morgan fingerprint density at radius 1 is 1.33 bits per heavy atom. The van der Waals surface area contributed by atoms with Crippen LogP contribution in [-0.4, -0.2) is 44.1 Å². The molecule has 4 rings (SSSR count). The van der Waals surface area contributed by atoms with Crippen LogP contribution < -0.4 is 5.73 Å². The smallest absolute Gasteiger partial charge is 0.271 e. The Hall–Kier alpha value is -3.29. The number of amides is 1. The average Bonchev–Trinajstić information content (AvgIpc) is 3.22. The highest BCUT2D eigenvalue weighted by Crippen LogP contribution is 2.33. The first-order valence-corrected chi connectivity index (χ1v) is 8.79. The molecule has 3 N–H and O–H groups in total. The topological polar surface area (TPSA) is 101 Å². The van der Waals surface area contributed by atoms with Gasteiger partial charge in [0.1, 0.15) is 11.5 Å². The predicted octanol–water partition coefficient (Wildman–Crippen LogP) is 2.61. The van der Waals surface area contributed by atoms with Crippen LogP contribution >= 0.6 is 0 Å². The molecule has 0 unspecified atom stereocenters. The lowest BCUT2D eigenvalue weighted by molar-refractivity contribution is 0.0700. The lowest BCUT2D eigenvalue weighted by atomic mass is 9.89. The number of nitrogens with one attached hydrogen (secondary N) is 1. The van der Waals surface area contributed by atoms with Crippen LogP contribution in [0.3, 0.4) is 0 Å². The van der Waals surface area contributed by atoms with Gasteiger partial charge in [-0.2, -0.15) is 5.10 Å². The summed E-state index contributed by atoms with van der Waals surface area (Å²) in [6.45, 7) is 1.18. The number of hydrogen-bond acceptors (Lipinski definition) is 5. The van der Waals surface area contributed by atoms with E-state index in [1.165, 1.54) is 12.1 Å². The predicted molar refractivity (Wildman–Crippen MR) is 98.3 cm³/mol. The summed E-state index contributed by atoms with van der Waals surface area (Å²) in [5, 5.41) is 6.56. The van der Waals surface area contributed by atoms with Crippen LogP contribution in [0.1, 0.15) is 34.9 Å². The SMILES string of the molecule is Nc1ncc(-c2cccc(F)c2)c([C@H]2CCCN(C(=O)c3ccn[nH]3)C2)n1. The van der Waals surface area contributed by atoms with E-state index in [-0.39, 0.29) is 23.6 Å². The highest BCUT2D eigenvalue weighted by atomic mass is 19.1. The molecule has 0 spiro atoms. The summed E-state index contributed by atoms with van der Waals surface area (Å²) in [6.07, 6.45) is 4.90. The molecule has 27 heavy (non-hydrogen) atoms. The summed E-state index contributed by atoms with van der Waals surface area (Å²) >= 11 is 0. The maximum atomic E-state index is 13.7. The second kappa shape index (κ2) is 7.14. The number of carbonyl (C=O) groups excluding carboxylic acids is 1. The van der Waals surface area contributed by atoms with Crippen molar-refractivity contribution in [2.24, 2.45) is 0 Å². The quantitative estimate of drug-likeness (QED) is 0.742. The number of rotatable bonds is 3. The van der Waals surface area contributed by atoms with Gasteiger partial charge in [0.25, 0.3) is 5.91 Å². The van der Waals surface area contributed by atoms with E-state index in [1.54, 1.807) is 29.4 Å². The van der Waals surface area contributed by atoms with Crippen molar-refractivity contribution in [3.8, 4) is 11.1 Å². The third-order valence-electron chi connectivity index (χ3n) is 4.80. The zero-order valence-corrected chi connectivity index (χ0v) is 14.6. The minimum atomic E-state index is -0.324. The van der Waals surface area contributed by atoms with Crippen molar-refractivity contribution in [1.82, 2.24) is 25.1 Å². The minimum Gasteiger partial charge on any atom is -0.368 e. The van der Waals surface area contributed by atoms with Crippen molar-refractivity contribution in [2.75, 3.05) is 18.8 Å². The third-order valence-corrected chi connectivity index (χ3v) is 4.80. The average molecular weight is 366 g/mol. The number of nitrogens with zero attached hydrogens (tertiary/aromatic N) is 4. The number of halogens is 1. The molecule has 2 aromatic heterocycles. The van der Waals surface area contributed by atoms with Crippen molar-refractivity contribution < 1.29 is 9.18 Å². The molecule has 3 aromatic rings. The van der Waals surface area contributed by atoms with Crippen LogP contribution in [0.25, 0.3) is 11.1 Å². The molecule has 1 aliphatic heterocycles. The summed E-state index contributed by atoms with van der Waals surface area (Å²) in [4.78, 5) is 23.0. The van der Waals surface area contributed by atoms with Gasteiger partial charge in [-0.05, 0) is 36.6 Å². The normalized spacial score (nSPS) is 17.1. The van der Waals surface area contributed by atoms with E-state index in [4.69, 9.17) is 5.73 Å². The number of carbonyl (C=O) groups is 1. The summed E-state index contributed by atoms with van der Waals surface area (Å²) in [7, 11) is 0. The van der Waals surface area contributed by atoms with E-state index < -0.39 is 0 Å². The highest BCUT2D eigenvalue weighted by Gasteiger charge is 2.29. The maximum absolute atomic E-state index is 13.7. The van der Waals surface area contributed by atoms with Gasteiger partial charge in [-0.15, -0.1) is 0 Å². The number of piperidine rings is 1. The van der Waals surface area contributed by atoms with E-state index in [9.17, 15) is 9.18 Å². The Kier molecular flexibility index (Phi) is 4.53. The fourth-order valence-electron chi connectivity index (χ4n) is 3.53. The molecule has 138 valence electrons. The van der Waals surface area contributed by atoms with Crippen molar-refractivity contribution in [1.29, 1.82) is 0 Å². The van der Waals surface area contributed by atoms with Gasteiger partial charge in [0.05, 0.1) is 5.69 Å². The number of aromatic amines is 1. The van der Waals surface area contributed by atoms with Crippen molar-refractivity contribution in [2.45, 2.75) is 18.8 Å². The summed E-state index contributed by atoms with van der Waals surface area (Å²) < 4.78 is 13.7. The second-order valence-electron chi connectivity index (χ2n) is 6.60. The first kappa shape index (κ1) is 17.1. The van der Waals surface area contributed by atoms with Gasteiger partial charge in [0.2, 0.25) is 5.95 Å².